The van der Waals surface area contributed by atoms with E-state index in [4.69, 9.17) is 4.42 Å². The average Bonchev–Trinajstić information content (AvgIpc) is 3.19. The highest BCUT2D eigenvalue weighted by atomic mass is 19.1. The average molecular weight is 366 g/mol. The Morgan fingerprint density at radius 2 is 1.52 bits per heavy atom. The molecule has 0 bridgehead atoms. The van der Waals surface area contributed by atoms with Crippen LogP contribution in [0.15, 0.2) is 77.7 Å². The Balaban J connectivity index is 1.77. The van der Waals surface area contributed by atoms with Crippen LogP contribution in [-0.4, -0.2) is 9.97 Å². The standard InChI is InChI=1S/C21H13F3N2O/c22-16-7-6-15(20(23)14-10-25-12-26-11-14)21(24)19(16)18-9-8-17(27-18)13-4-2-1-3-5-13/h1-12,20H. The van der Waals surface area contributed by atoms with Crippen molar-refractivity contribution in [2.75, 3.05) is 0 Å². The smallest absolute Gasteiger partial charge is 0.156 e. The molecule has 1 atom stereocenters. The minimum absolute atomic E-state index is 0.0118. The minimum atomic E-state index is -1.82. The van der Waals surface area contributed by atoms with Gasteiger partial charge in [0.15, 0.2) is 6.17 Å². The Hall–Kier alpha value is -3.41. The quantitative estimate of drug-likeness (QED) is 0.462. The van der Waals surface area contributed by atoms with Gasteiger partial charge in [0.05, 0.1) is 5.56 Å². The van der Waals surface area contributed by atoms with Gasteiger partial charge in [0.2, 0.25) is 0 Å². The number of alkyl halides is 1. The second kappa shape index (κ2) is 7.07. The summed E-state index contributed by atoms with van der Waals surface area (Å²) in [6, 6.07) is 14.3. The highest BCUT2D eigenvalue weighted by molar-refractivity contribution is 5.66. The third-order valence-electron chi connectivity index (χ3n) is 4.18. The summed E-state index contributed by atoms with van der Waals surface area (Å²) in [6.07, 6.45) is 1.92. The zero-order chi connectivity index (χ0) is 18.8. The maximum absolute atomic E-state index is 15.0. The molecule has 0 saturated carbocycles. The van der Waals surface area contributed by atoms with Crippen LogP contribution >= 0.6 is 0 Å². The van der Waals surface area contributed by atoms with Crippen molar-refractivity contribution in [2.24, 2.45) is 0 Å². The summed E-state index contributed by atoms with van der Waals surface area (Å²) >= 11 is 0. The normalized spacial score (nSPS) is 12.1. The molecule has 0 fully saturated rings. The fraction of sp³-hybridized carbons (Fsp3) is 0.0476. The van der Waals surface area contributed by atoms with Gasteiger partial charge in [0, 0.05) is 29.1 Å². The van der Waals surface area contributed by atoms with Gasteiger partial charge in [-0.2, -0.15) is 0 Å². The zero-order valence-corrected chi connectivity index (χ0v) is 13.9. The molecule has 6 heteroatoms. The van der Waals surface area contributed by atoms with Crippen molar-refractivity contribution < 1.29 is 17.6 Å². The van der Waals surface area contributed by atoms with E-state index in [1.807, 2.05) is 30.3 Å². The predicted molar refractivity (Wildman–Crippen MR) is 94.5 cm³/mol. The number of rotatable bonds is 4. The molecule has 2 aromatic heterocycles. The minimum Gasteiger partial charge on any atom is -0.456 e. The van der Waals surface area contributed by atoms with Gasteiger partial charge in [0.25, 0.3) is 0 Å². The molecular weight excluding hydrogens is 353 g/mol. The molecule has 1 unspecified atom stereocenters. The Morgan fingerprint density at radius 1 is 0.815 bits per heavy atom. The van der Waals surface area contributed by atoms with E-state index in [-0.39, 0.29) is 16.9 Å². The van der Waals surface area contributed by atoms with Crippen molar-refractivity contribution in [3.8, 4) is 22.6 Å². The Morgan fingerprint density at radius 3 is 2.26 bits per heavy atom. The van der Waals surface area contributed by atoms with Gasteiger partial charge in [-0.05, 0) is 24.3 Å². The van der Waals surface area contributed by atoms with Gasteiger partial charge in [-0.3, -0.25) is 0 Å². The molecule has 0 aliphatic carbocycles. The van der Waals surface area contributed by atoms with Crippen LogP contribution in [0.5, 0.6) is 0 Å². The lowest BCUT2D eigenvalue weighted by atomic mass is 10.0. The fourth-order valence-electron chi connectivity index (χ4n) is 2.84. The topological polar surface area (TPSA) is 38.9 Å². The lowest BCUT2D eigenvalue weighted by molar-refractivity contribution is 0.384. The highest BCUT2D eigenvalue weighted by Gasteiger charge is 2.24. The molecule has 27 heavy (non-hydrogen) atoms. The summed E-state index contributed by atoms with van der Waals surface area (Å²) in [6.45, 7) is 0. The second-order valence-electron chi connectivity index (χ2n) is 5.89. The van der Waals surface area contributed by atoms with E-state index in [1.165, 1.54) is 24.8 Å². The molecule has 134 valence electrons. The summed E-state index contributed by atoms with van der Waals surface area (Å²) in [5.41, 5.74) is 0.136. The number of hydrogen-bond donors (Lipinski definition) is 0. The Labute approximate surface area is 153 Å². The molecule has 0 saturated heterocycles. The number of nitrogens with zero attached hydrogens (tertiary/aromatic N) is 2. The van der Waals surface area contributed by atoms with Crippen LogP contribution < -0.4 is 0 Å². The third-order valence-corrected chi connectivity index (χ3v) is 4.18. The predicted octanol–water partition coefficient (Wildman–Crippen LogP) is 5.74. The monoisotopic (exact) mass is 366 g/mol. The van der Waals surface area contributed by atoms with Crippen LogP contribution in [0.3, 0.4) is 0 Å². The largest absolute Gasteiger partial charge is 0.456 e. The van der Waals surface area contributed by atoms with Crippen LogP contribution in [0, 0.1) is 11.6 Å². The van der Waals surface area contributed by atoms with E-state index in [1.54, 1.807) is 6.07 Å². The van der Waals surface area contributed by atoms with E-state index in [0.29, 0.717) is 5.76 Å². The van der Waals surface area contributed by atoms with Crippen LogP contribution in [0.1, 0.15) is 17.3 Å². The van der Waals surface area contributed by atoms with Crippen molar-refractivity contribution in [3.05, 3.63) is 96.1 Å². The van der Waals surface area contributed by atoms with E-state index in [0.717, 1.165) is 17.7 Å². The molecule has 0 aliphatic rings. The Kier molecular flexibility index (Phi) is 4.46. The maximum Gasteiger partial charge on any atom is 0.156 e. The van der Waals surface area contributed by atoms with Crippen molar-refractivity contribution in [2.45, 2.75) is 6.17 Å². The van der Waals surface area contributed by atoms with Crippen molar-refractivity contribution >= 4 is 0 Å². The van der Waals surface area contributed by atoms with Crippen molar-refractivity contribution in [1.29, 1.82) is 0 Å². The first-order valence-electron chi connectivity index (χ1n) is 8.17. The van der Waals surface area contributed by atoms with Gasteiger partial charge in [-0.1, -0.05) is 30.3 Å². The van der Waals surface area contributed by atoms with Crippen LogP contribution in [0.4, 0.5) is 13.2 Å². The van der Waals surface area contributed by atoms with E-state index < -0.39 is 23.4 Å². The number of hydrogen-bond acceptors (Lipinski definition) is 3. The summed E-state index contributed by atoms with van der Waals surface area (Å²) in [4.78, 5) is 7.46. The zero-order valence-electron chi connectivity index (χ0n) is 13.9. The van der Waals surface area contributed by atoms with E-state index in [9.17, 15) is 13.2 Å². The molecular formula is C21H13F3N2O. The first-order valence-corrected chi connectivity index (χ1v) is 8.17. The Bertz CT molecular complexity index is 1070. The lowest BCUT2D eigenvalue weighted by Gasteiger charge is -2.12. The van der Waals surface area contributed by atoms with Gasteiger partial charge in [-0.25, -0.2) is 23.1 Å². The highest BCUT2D eigenvalue weighted by Crippen LogP contribution is 2.36. The molecule has 0 amide bonds. The summed E-state index contributed by atoms with van der Waals surface area (Å²) in [5, 5.41) is 0. The number of halogens is 3. The molecule has 2 heterocycles. The summed E-state index contributed by atoms with van der Waals surface area (Å²) in [5.74, 6) is -1.40. The summed E-state index contributed by atoms with van der Waals surface area (Å²) in [7, 11) is 0. The maximum atomic E-state index is 15.0. The third kappa shape index (κ3) is 3.21. The van der Waals surface area contributed by atoms with E-state index >= 15 is 0 Å². The number of furan rings is 1. The molecule has 0 aliphatic heterocycles. The molecule has 4 aromatic rings. The van der Waals surface area contributed by atoms with E-state index in [2.05, 4.69) is 9.97 Å². The summed E-state index contributed by atoms with van der Waals surface area (Å²) < 4.78 is 49.7. The molecule has 2 aromatic carbocycles. The number of aromatic nitrogens is 2. The lowest BCUT2D eigenvalue weighted by Crippen LogP contribution is -2.02. The van der Waals surface area contributed by atoms with Crippen LogP contribution in [0.25, 0.3) is 22.6 Å². The number of benzene rings is 2. The van der Waals surface area contributed by atoms with Crippen LogP contribution in [-0.2, 0) is 0 Å². The molecule has 0 radical (unpaired) electrons. The second-order valence-corrected chi connectivity index (χ2v) is 5.89. The first kappa shape index (κ1) is 17.0. The SMILES string of the molecule is Fc1ccc(C(F)c2cncnc2)c(F)c1-c1ccc(-c2ccccc2)o1. The molecule has 0 N–H and O–H groups in total. The molecule has 4 rings (SSSR count). The van der Waals surface area contributed by atoms with Gasteiger partial charge in [-0.15, -0.1) is 0 Å². The van der Waals surface area contributed by atoms with Gasteiger partial charge >= 0.3 is 0 Å². The molecule has 3 nitrogen and oxygen atoms in total. The van der Waals surface area contributed by atoms with Gasteiger partial charge < -0.3 is 4.42 Å². The first-order chi connectivity index (χ1) is 13.1. The fourth-order valence-corrected chi connectivity index (χ4v) is 2.84. The van der Waals surface area contributed by atoms with Gasteiger partial charge in [0.1, 0.15) is 29.5 Å². The molecule has 0 spiro atoms. The van der Waals surface area contributed by atoms with Crippen molar-refractivity contribution in [1.82, 2.24) is 9.97 Å². The van der Waals surface area contributed by atoms with Crippen molar-refractivity contribution in [3.63, 3.8) is 0 Å². The van der Waals surface area contributed by atoms with Crippen LogP contribution in [0.2, 0.25) is 0 Å².